The number of anilines is 1. The average Bonchev–Trinajstić information content (AvgIpc) is 2.22. The molecular formula is C10H10Cl2N2O3. The fraction of sp³-hybridized carbons (Fsp3) is 0.200. The predicted molar refractivity (Wildman–Crippen MR) is 65.0 cm³/mol. The van der Waals surface area contributed by atoms with Crippen LogP contribution in [0.1, 0.15) is 16.8 Å². The highest BCUT2D eigenvalue weighted by Crippen LogP contribution is 2.29. The van der Waals surface area contributed by atoms with Gasteiger partial charge >= 0.3 is 5.97 Å². The van der Waals surface area contributed by atoms with Crippen molar-refractivity contribution in [2.75, 3.05) is 12.3 Å². The molecule has 0 bridgehead atoms. The summed E-state index contributed by atoms with van der Waals surface area (Å²) in [6.45, 7) is -0.114. The molecule has 0 spiro atoms. The minimum absolute atomic E-state index is 0.0561. The van der Waals surface area contributed by atoms with E-state index >= 15 is 0 Å². The molecule has 1 amide bonds. The molecule has 0 heterocycles. The number of primary amides is 1. The molecule has 0 radical (unpaired) electrons. The lowest BCUT2D eigenvalue weighted by atomic mass is 10.2. The van der Waals surface area contributed by atoms with E-state index < -0.39 is 11.9 Å². The maximum absolute atomic E-state index is 11.6. The monoisotopic (exact) mass is 276 g/mol. The van der Waals surface area contributed by atoms with E-state index in [0.29, 0.717) is 5.69 Å². The van der Waals surface area contributed by atoms with Gasteiger partial charge in [-0.3, -0.25) is 4.79 Å². The van der Waals surface area contributed by atoms with Gasteiger partial charge in [0, 0.05) is 5.69 Å². The Labute approximate surface area is 108 Å². The van der Waals surface area contributed by atoms with E-state index in [0.717, 1.165) is 0 Å². The van der Waals surface area contributed by atoms with Crippen molar-refractivity contribution in [3.8, 4) is 0 Å². The molecule has 0 saturated carbocycles. The number of amides is 1. The van der Waals surface area contributed by atoms with E-state index in [9.17, 15) is 9.59 Å². The van der Waals surface area contributed by atoms with Gasteiger partial charge in [0.25, 0.3) is 0 Å². The van der Waals surface area contributed by atoms with Gasteiger partial charge in [-0.2, -0.15) is 0 Å². The molecule has 0 aliphatic heterocycles. The zero-order valence-electron chi connectivity index (χ0n) is 8.70. The van der Waals surface area contributed by atoms with Crippen molar-refractivity contribution in [1.82, 2.24) is 0 Å². The van der Waals surface area contributed by atoms with Crippen LogP contribution in [0.3, 0.4) is 0 Å². The molecule has 0 aromatic heterocycles. The van der Waals surface area contributed by atoms with Crippen molar-refractivity contribution >= 4 is 40.8 Å². The minimum Gasteiger partial charge on any atom is -0.462 e. The molecule has 0 atom stereocenters. The van der Waals surface area contributed by atoms with E-state index in [1.807, 2.05) is 0 Å². The van der Waals surface area contributed by atoms with Gasteiger partial charge in [-0.25, -0.2) is 4.79 Å². The van der Waals surface area contributed by atoms with Gasteiger partial charge in [-0.05, 0) is 12.1 Å². The van der Waals surface area contributed by atoms with Gasteiger partial charge in [0.2, 0.25) is 5.91 Å². The number of halogens is 2. The summed E-state index contributed by atoms with van der Waals surface area (Å²) in [4.78, 5) is 22.0. The van der Waals surface area contributed by atoms with Crippen LogP contribution in [-0.2, 0) is 9.53 Å². The Morgan fingerprint density at radius 2 is 1.94 bits per heavy atom. The summed E-state index contributed by atoms with van der Waals surface area (Å²) in [6.07, 6.45) is -0.0561. The number of esters is 1. The SMILES string of the molecule is NC(=O)CCOC(=O)c1cc(N)cc(Cl)c1Cl. The van der Waals surface area contributed by atoms with Crippen molar-refractivity contribution < 1.29 is 14.3 Å². The van der Waals surface area contributed by atoms with Gasteiger partial charge in [-0.15, -0.1) is 0 Å². The maximum Gasteiger partial charge on any atom is 0.339 e. The molecule has 92 valence electrons. The van der Waals surface area contributed by atoms with Gasteiger partial charge in [0.15, 0.2) is 0 Å². The first-order chi connectivity index (χ1) is 7.91. The molecule has 7 heteroatoms. The van der Waals surface area contributed by atoms with E-state index in [4.69, 9.17) is 39.4 Å². The highest BCUT2D eigenvalue weighted by molar-refractivity contribution is 6.44. The largest absolute Gasteiger partial charge is 0.462 e. The molecule has 0 fully saturated rings. The second-order valence-corrected chi connectivity index (χ2v) is 4.00. The van der Waals surface area contributed by atoms with E-state index in [1.54, 1.807) is 0 Å². The van der Waals surface area contributed by atoms with Gasteiger partial charge < -0.3 is 16.2 Å². The summed E-state index contributed by atoms with van der Waals surface area (Å²) in [5, 5.41) is 0.221. The molecule has 4 N–H and O–H groups in total. The van der Waals surface area contributed by atoms with Crippen molar-refractivity contribution in [2.45, 2.75) is 6.42 Å². The number of carbonyl (C=O) groups is 2. The van der Waals surface area contributed by atoms with Crippen LogP contribution in [0, 0.1) is 0 Å². The lowest BCUT2D eigenvalue weighted by molar-refractivity contribution is -0.118. The van der Waals surface area contributed by atoms with Crippen LogP contribution in [-0.4, -0.2) is 18.5 Å². The Morgan fingerprint density at radius 1 is 1.29 bits per heavy atom. The quantitative estimate of drug-likeness (QED) is 0.645. The Balaban J connectivity index is 2.78. The highest BCUT2D eigenvalue weighted by atomic mass is 35.5. The normalized spacial score (nSPS) is 10.0. The summed E-state index contributed by atoms with van der Waals surface area (Å²) in [5.41, 5.74) is 10.8. The van der Waals surface area contributed by atoms with Crippen molar-refractivity contribution in [1.29, 1.82) is 0 Å². The van der Waals surface area contributed by atoms with Gasteiger partial charge in [0.1, 0.15) is 6.61 Å². The molecule has 1 rings (SSSR count). The fourth-order valence-corrected chi connectivity index (χ4v) is 1.49. The minimum atomic E-state index is -0.703. The first kappa shape index (κ1) is 13.6. The van der Waals surface area contributed by atoms with Gasteiger partial charge in [0.05, 0.1) is 22.0 Å². The van der Waals surface area contributed by atoms with E-state index in [2.05, 4.69) is 0 Å². The summed E-state index contributed by atoms with van der Waals surface area (Å²) >= 11 is 11.6. The van der Waals surface area contributed by atoms with Crippen LogP contribution >= 0.6 is 23.2 Å². The second kappa shape index (κ2) is 5.75. The molecule has 0 aliphatic rings. The second-order valence-electron chi connectivity index (χ2n) is 3.22. The lowest BCUT2D eigenvalue weighted by Crippen LogP contribution is -2.16. The van der Waals surface area contributed by atoms with Crippen LogP contribution in [0.5, 0.6) is 0 Å². The van der Waals surface area contributed by atoms with E-state index in [1.165, 1.54) is 12.1 Å². The summed E-state index contributed by atoms with van der Waals surface area (Å²) in [6, 6.07) is 2.77. The number of ether oxygens (including phenoxy) is 1. The van der Waals surface area contributed by atoms with Crippen molar-refractivity contribution in [3.05, 3.63) is 27.7 Å². The third-order valence-electron chi connectivity index (χ3n) is 1.85. The number of hydrogen-bond donors (Lipinski definition) is 2. The average molecular weight is 277 g/mol. The molecule has 1 aromatic rings. The zero-order chi connectivity index (χ0) is 13.0. The van der Waals surface area contributed by atoms with Crippen molar-refractivity contribution in [3.63, 3.8) is 0 Å². The maximum atomic E-state index is 11.6. The highest BCUT2D eigenvalue weighted by Gasteiger charge is 2.15. The van der Waals surface area contributed by atoms with Crippen LogP contribution in [0.2, 0.25) is 10.0 Å². The van der Waals surface area contributed by atoms with Crippen LogP contribution in [0.25, 0.3) is 0 Å². The fourth-order valence-electron chi connectivity index (χ4n) is 1.08. The Hall–Kier alpha value is -1.46. The predicted octanol–water partition coefficient (Wildman–Crippen LogP) is 1.61. The molecule has 17 heavy (non-hydrogen) atoms. The topological polar surface area (TPSA) is 95.4 Å². The summed E-state index contributed by atoms with van der Waals surface area (Å²) in [7, 11) is 0. The molecule has 0 saturated heterocycles. The summed E-state index contributed by atoms with van der Waals surface area (Å²) < 4.78 is 4.79. The number of hydrogen-bond acceptors (Lipinski definition) is 4. The van der Waals surface area contributed by atoms with Crippen LogP contribution in [0.4, 0.5) is 5.69 Å². The first-order valence-electron chi connectivity index (χ1n) is 4.61. The van der Waals surface area contributed by atoms with Crippen molar-refractivity contribution in [2.24, 2.45) is 5.73 Å². The lowest BCUT2D eigenvalue weighted by Gasteiger charge is -2.07. The molecule has 0 unspecified atom stereocenters. The van der Waals surface area contributed by atoms with Crippen LogP contribution < -0.4 is 11.5 Å². The number of nitrogen functional groups attached to an aromatic ring is 1. The molecule has 0 aliphatic carbocycles. The number of carbonyl (C=O) groups excluding carboxylic acids is 2. The number of nitrogens with two attached hydrogens (primary N) is 2. The third kappa shape index (κ3) is 3.80. The molecule has 1 aromatic carbocycles. The Kier molecular flexibility index (Phi) is 4.60. The van der Waals surface area contributed by atoms with Crippen LogP contribution in [0.15, 0.2) is 12.1 Å². The smallest absolute Gasteiger partial charge is 0.339 e. The molecular weight excluding hydrogens is 267 g/mol. The number of benzene rings is 1. The summed E-state index contributed by atoms with van der Waals surface area (Å²) in [5.74, 6) is -1.26. The van der Waals surface area contributed by atoms with E-state index in [-0.39, 0.29) is 28.6 Å². The molecule has 5 nitrogen and oxygen atoms in total. The zero-order valence-corrected chi connectivity index (χ0v) is 10.2. The van der Waals surface area contributed by atoms with Gasteiger partial charge in [-0.1, -0.05) is 23.2 Å². The Bertz CT molecular complexity index is 463. The standard InChI is InChI=1S/C10H10Cl2N2O3/c11-7-4-5(13)3-6(9(7)12)10(16)17-2-1-8(14)15/h3-4H,1-2,13H2,(H2,14,15). The Morgan fingerprint density at radius 3 is 2.53 bits per heavy atom. The third-order valence-corrected chi connectivity index (χ3v) is 2.65. The first-order valence-corrected chi connectivity index (χ1v) is 5.37. The number of rotatable bonds is 4.